The zero-order valence-corrected chi connectivity index (χ0v) is 14.2. The molecule has 114 valence electrons. The first-order chi connectivity index (χ1) is 9.19. The Morgan fingerprint density at radius 2 is 1.70 bits per heavy atom. The van der Waals surface area contributed by atoms with E-state index in [4.69, 9.17) is 0 Å². The molecule has 1 aromatic rings. The zero-order valence-electron chi connectivity index (χ0n) is 13.4. The molecule has 0 aromatic heterocycles. The van der Waals surface area contributed by atoms with Gasteiger partial charge < -0.3 is 5.32 Å². The highest BCUT2D eigenvalue weighted by Gasteiger charge is 2.27. The Kier molecular flexibility index (Phi) is 5.78. The Morgan fingerprint density at radius 3 is 2.15 bits per heavy atom. The van der Waals surface area contributed by atoms with Crippen LogP contribution in [0.15, 0.2) is 18.2 Å². The summed E-state index contributed by atoms with van der Waals surface area (Å²) >= 11 is 0. The summed E-state index contributed by atoms with van der Waals surface area (Å²) in [7, 11) is -1.29. The minimum absolute atomic E-state index is 0.136. The second-order valence-corrected chi connectivity index (χ2v) is 8.37. The lowest BCUT2D eigenvalue weighted by molar-refractivity contribution is 0.532. The fraction of sp³-hybridized carbons (Fsp3) is 0.625. The van der Waals surface area contributed by atoms with E-state index < -0.39 is 9.84 Å². The molecule has 0 fully saturated rings. The van der Waals surface area contributed by atoms with Crippen LogP contribution >= 0.6 is 0 Å². The van der Waals surface area contributed by atoms with Crippen molar-refractivity contribution in [2.24, 2.45) is 5.92 Å². The molecule has 1 aromatic carbocycles. The van der Waals surface area contributed by atoms with Crippen LogP contribution in [0, 0.1) is 19.8 Å². The standard InChI is InChI=1S/C16H27NO2S/c1-11(2)14(5)20(18,19)10-16(17-6)15-8-7-12(3)13(4)9-15/h7-9,11,14,16-17H,10H2,1-6H3. The summed E-state index contributed by atoms with van der Waals surface area (Å²) in [5, 5.41) is 2.82. The van der Waals surface area contributed by atoms with Crippen LogP contribution in [0.1, 0.15) is 43.5 Å². The summed E-state index contributed by atoms with van der Waals surface area (Å²) in [6.07, 6.45) is 0. The second-order valence-electron chi connectivity index (χ2n) is 5.96. The van der Waals surface area contributed by atoms with Gasteiger partial charge in [-0.1, -0.05) is 32.0 Å². The first-order valence-electron chi connectivity index (χ1n) is 7.15. The van der Waals surface area contributed by atoms with Gasteiger partial charge >= 0.3 is 0 Å². The first kappa shape index (κ1) is 17.2. The second kappa shape index (κ2) is 6.72. The van der Waals surface area contributed by atoms with Crippen LogP contribution in [0.25, 0.3) is 0 Å². The molecule has 3 nitrogen and oxygen atoms in total. The first-order valence-corrected chi connectivity index (χ1v) is 8.86. The highest BCUT2D eigenvalue weighted by molar-refractivity contribution is 7.92. The van der Waals surface area contributed by atoms with Crippen molar-refractivity contribution in [3.63, 3.8) is 0 Å². The van der Waals surface area contributed by atoms with Crippen LogP contribution in [-0.4, -0.2) is 26.5 Å². The van der Waals surface area contributed by atoms with E-state index in [-0.39, 0.29) is 23.0 Å². The van der Waals surface area contributed by atoms with Crippen molar-refractivity contribution in [2.45, 2.75) is 45.9 Å². The van der Waals surface area contributed by atoms with Gasteiger partial charge in [0.25, 0.3) is 0 Å². The minimum Gasteiger partial charge on any atom is -0.312 e. The van der Waals surface area contributed by atoms with E-state index in [1.165, 1.54) is 11.1 Å². The van der Waals surface area contributed by atoms with Crippen LogP contribution in [0.2, 0.25) is 0 Å². The lowest BCUT2D eigenvalue weighted by Crippen LogP contribution is -2.32. The monoisotopic (exact) mass is 297 g/mol. The number of nitrogens with one attached hydrogen (secondary N) is 1. The molecule has 0 aliphatic carbocycles. The van der Waals surface area contributed by atoms with Gasteiger partial charge in [0, 0.05) is 6.04 Å². The van der Waals surface area contributed by atoms with E-state index in [2.05, 4.69) is 25.2 Å². The van der Waals surface area contributed by atoms with E-state index in [9.17, 15) is 8.42 Å². The molecule has 0 spiro atoms. The molecular formula is C16H27NO2S. The molecule has 0 aliphatic heterocycles. The average Bonchev–Trinajstić information content (AvgIpc) is 2.38. The minimum atomic E-state index is -3.10. The molecule has 0 saturated heterocycles. The highest BCUT2D eigenvalue weighted by Crippen LogP contribution is 2.22. The largest absolute Gasteiger partial charge is 0.312 e. The van der Waals surface area contributed by atoms with Crippen molar-refractivity contribution in [1.29, 1.82) is 0 Å². The van der Waals surface area contributed by atoms with E-state index in [1.807, 2.05) is 33.0 Å². The SMILES string of the molecule is CNC(CS(=O)(=O)C(C)C(C)C)c1ccc(C)c(C)c1. The maximum absolute atomic E-state index is 12.4. The van der Waals surface area contributed by atoms with Crippen molar-refractivity contribution >= 4 is 9.84 Å². The third kappa shape index (κ3) is 4.06. The van der Waals surface area contributed by atoms with Crippen molar-refractivity contribution < 1.29 is 8.42 Å². The lowest BCUT2D eigenvalue weighted by atomic mass is 10.0. The number of sulfone groups is 1. The number of rotatable bonds is 6. The third-order valence-corrected chi connectivity index (χ3v) is 6.66. The topological polar surface area (TPSA) is 46.2 Å². The Bertz CT molecular complexity index is 550. The molecule has 2 unspecified atom stereocenters. The molecule has 0 aliphatic rings. The van der Waals surface area contributed by atoms with Crippen LogP contribution in [0.4, 0.5) is 0 Å². The zero-order chi connectivity index (χ0) is 15.5. The van der Waals surface area contributed by atoms with Crippen molar-refractivity contribution in [1.82, 2.24) is 5.32 Å². The van der Waals surface area contributed by atoms with Gasteiger partial charge in [-0.3, -0.25) is 0 Å². The van der Waals surface area contributed by atoms with Crippen molar-refractivity contribution in [3.8, 4) is 0 Å². The summed E-state index contributed by atoms with van der Waals surface area (Å²) < 4.78 is 24.9. The summed E-state index contributed by atoms with van der Waals surface area (Å²) in [6.45, 7) is 9.81. The Morgan fingerprint density at radius 1 is 1.10 bits per heavy atom. The van der Waals surface area contributed by atoms with Crippen LogP contribution in [0.3, 0.4) is 0 Å². The highest BCUT2D eigenvalue weighted by atomic mass is 32.2. The van der Waals surface area contributed by atoms with Gasteiger partial charge in [-0.15, -0.1) is 0 Å². The van der Waals surface area contributed by atoms with Crippen molar-refractivity contribution in [3.05, 3.63) is 34.9 Å². The Labute approximate surface area is 123 Å². The fourth-order valence-corrected chi connectivity index (χ4v) is 4.08. The third-order valence-electron chi connectivity index (χ3n) is 4.19. The van der Waals surface area contributed by atoms with Crippen LogP contribution in [-0.2, 0) is 9.84 Å². The fourth-order valence-electron chi connectivity index (χ4n) is 2.13. The van der Waals surface area contributed by atoms with Gasteiger partial charge in [-0.25, -0.2) is 8.42 Å². The predicted molar refractivity (Wildman–Crippen MR) is 85.8 cm³/mol. The normalized spacial score (nSPS) is 15.3. The van der Waals surface area contributed by atoms with Gasteiger partial charge in [0.1, 0.15) is 0 Å². The summed E-state index contributed by atoms with van der Waals surface area (Å²) in [6, 6.07) is 5.99. The van der Waals surface area contributed by atoms with E-state index in [0.717, 1.165) is 5.56 Å². The predicted octanol–water partition coefficient (Wildman–Crippen LogP) is 3.02. The van der Waals surface area contributed by atoms with Gasteiger partial charge in [0.15, 0.2) is 9.84 Å². The maximum Gasteiger partial charge on any atom is 0.155 e. The maximum atomic E-state index is 12.4. The number of aryl methyl sites for hydroxylation is 2. The molecular weight excluding hydrogens is 270 g/mol. The average molecular weight is 297 g/mol. The number of benzene rings is 1. The smallest absolute Gasteiger partial charge is 0.155 e. The van der Waals surface area contributed by atoms with Crippen LogP contribution in [0.5, 0.6) is 0 Å². The molecule has 0 bridgehead atoms. The van der Waals surface area contributed by atoms with Gasteiger partial charge in [-0.05, 0) is 50.4 Å². The lowest BCUT2D eigenvalue weighted by Gasteiger charge is -2.22. The number of hydrogen-bond donors (Lipinski definition) is 1. The molecule has 0 saturated carbocycles. The molecule has 1 rings (SSSR count). The molecule has 2 atom stereocenters. The Hall–Kier alpha value is -0.870. The quantitative estimate of drug-likeness (QED) is 0.878. The van der Waals surface area contributed by atoms with Crippen molar-refractivity contribution in [2.75, 3.05) is 12.8 Å². The van der Waals surface area contributed by atoms with E-state index in [1.54, 1.807) is 6.92 Å². The summed E-state index contributed by atoms with van der Waals surface area (Å²) in [5.74, 6) is 0.281. The Balaban J connectivity index is 3.00. The van der Waals surface area contributed by atoms with E-state index in [0.29, 0.717) is 0 Å². The molecule has 0 heterocycles. The molecule has 1 N–H and O–H groups in total. The van der Waals surface area contributed by atoms with Gasteiger partial charge in [0.2, 0.25) is 0 Å². The molecule has 0 amide bonds. The molecule has 4 heteroatoms. The number of hydrogen-bond acceptors (Lipinski definition) is 3. The summed E-state index contributed by atoms with van der Waals surface area (Å²) in [5.41, 5.74) is 3.45. The molecule has 0 radical (unpaired) electrons. The summed E-state index contributed by atoms with van der Waals surface area (Å²) in [4.78, 5) is 0. The van der Waals surface area contributed by atoms with Gasteiger partial charge in [-0.2, -0.15) is 0 Å². The van der Waals surface area contributed by atoms with Crippen LogP contribution < -0.4 is 5.32 Å². The van der Waals surface area contributed by atoms with Gasteiger partial charge in [0.05, 0.1) is 11.0 Å². The molecule has 20 heavy (non-hydrogen) atoms. The van der Waals surface area contributed by atoms with E-state index >= 15 is 0 Å².